The zero-order valence-electron chi connectivity index (χ0n) is 12.7. The monoisotopic (exact) mass is 332 g/mol. The Hall–Kier alpha value is -2.87. The largest absolute Gasteiger partial charge is 0.461 e. The standard InChI is InChI=1S/C16H16N2O6/c19-10(11-3-4-13(24-11)12-2-1-7-23-12)8-17-14(20)9-18-15(21)5-6-16(18)22/h1-4,7,10,19H,5-6,8-9H2,(H,17,20). The molecule has 2 aromatic heterocycles. The Morgan fingerprint density at radius 1 is 1.21 bits per heavy atom. The van der Waals surface area contributed by atoms with Gasteiger partial charge >= 0.3 is 0 Å². The first-order chi connectivity index (χ1) is 11.5. The first-order valence-corrected chi connectivity index (χ1v) is 7.46. The molecule has 0 aromatic carbocycles. The normalized spacial score (nSPS) is 15.8. The Morgan fingerprint density at radius 2 is 1.96 bits per heavy atom. The number of carbonyl (C=O) groups is 3. The van der Waals surface area contributed by atoms with Gasteiger partial charge in [0.2, 0.25) is 17.7 Å². The minimum atomic E-state index is -1.05. The van der Waals surface area contributed by atoms with Crippen molar-refractivity contribution in [3.8, 4) is 11.5 Å². The average Bonchev–Trinajstić information content (AvgIpc) is 3.29. The summed E-state index contributed by atoms with van der Waals surface area (Å²) in [5, 5.41) is 12.5. The van der Waals surface area contributed by atoms with Gasteiger partial charge in [0.1, 0.15) is 18.4 Å². The molecule has 0 saturated carbocycles. The highest BCUT2D eigenvalue weighted by Crippen LogP contribution is 2.25. The van der Waals surface area contributed by atoms with Gasteiger partial charge in [-0.2, -0.15) is 0 Å². The van der Waals surface area contributed by atoms with E-state index in [4.69, 9.17) is 8.83 Å². The van der Waals surface area contributed by atoms with Crippen LogP contribution in [0.4, 0.5) is 0 Å². The average molecular weight is 332 g/mol. The summed E-state index contributed by atoms with van der Waals surface area (Å²) in [6.45, 7) is -0.430. The lowest BCUT2D eigenvalue weighted by Gasteiger charge is -2.14. The first-order valence-electron chi connectivity index (χ1n) is 7.46. The van der Waals surface area contributed by atoms with E-state index in [0.717, 1.165) is 4.90 Å². The zero-order chi connectivity index (χ0) is 17.1. The van der Waals surface area contributed by atoms with Crippen molar-refractivity contribution >= 4 is 17.7 Å². The minimum Gasteiger partial charge on any atom is -0.461 e. The van der Waals surface area contributed by atoms with Gasteiger partial charge in [-0.25, -0.2) is 0 Å². The molecule has 126 valence electrons. The van der Waals surface area contributed by atoms with Crippen molar-refractivity contribution in [1.29, 1.82) is 0 Å². The van der Waals surface area contributed by atoms with Gasteiger partial charge in [0, 0.05) is 12.8 Å². The third-order valence-electron chi connectivity index (χ3n) is 3.67. The lowest BCUT2D eigenvalue weighted by Crippen LogP contribution is -2.41. The summed E-state index contributed by atoms with van der Waals surface area (Å²) in [7, 11) is 0. The molecule has 3 rings (SSSR count). The molecule has 1 fully saturated rings. The van der Waals surface area contributed by atoms with Gasteiger partial charge < -0.3 is 19.3 Å². The third-order valence-corrected chi connectivity index (χ3v) is 3.67. The SMILES string of the molecule is O=C(CN1C(=O)CCC1=O)NCC(O)c1ccc(-c2ccco2)o1. The maximum absolute atomic E-state index is 11.8. The smallest absolute Gasteiger partial charge is 0.240 e. The molecule has 1 aliphatic heterocycles. The first kappa shape index (κ1) is 16.0. The maximum atomic E-state index is 11.8. The number of aliphatic hydroxyl groups excluding tert-OH is 1. The van der Waals surface area contributed by atoms with E-state index in [1.807, 2.05) is 0 Å². The van der Waals surface area contributed by atoms with Gasteiger partial charge in [0.05, 0.1) is 12.8 Å². The Morgan fingerprint density at radius 3 is 2.62 bits per heavy atom. The number of nitrogens with one attached hydrogen (secondary N) is 1. The highest BCUT2D eigenvalue weighted by atomic mass is 16.4. The molecule has 0 bridgehead atoms. The van der Waals surface area contributed by atoms with Crippen LogP contribution in [0, 0.1) is 0 Å². The highest BCUT2D eigenvalue weighted by molar-refractivity contribution is 6.04. The summed E-state index contributed by atoms with van der Waals surface area (Å²) in [5.41, 5.74) is 0. The molecule has 24 heavy (non-hydrogen) atoms. The van der Waals surface area contributed by atoms with E-state index in [1.165, 1.54) is 6.26 Å². The van der Waals surface area contributed by atoms with Crippen LogP contribution in [0.2, 0.25) is 0 Å². The molecule has 8 nitrogen and oxygen atoms in total. The van der Waals surface area contributed by atoms with Crippen molar-refractivity contribution in [2.75, 3.05) is 13.1 Å². The summed E-state index contributed by atoms with van der Waals surface area (Å²) in [4.78, 5) is 35.6. The minimum absolute atomic E-state index is 0.0971. The predicted octanol–water partition coefficient (Wildman–Crippen LogP) is 0.838. The molecule has 2 N–H and O–H groups in total. The Bertz CT molecular complexity index is 732. The van der Waals surface area contributed by atoms with Crippen molar-refractivity contribution in [2.45, 2.75) is 18.9 Å². The third kappa shape index (κ3) is 3.38. The van der Waals surface area contributed by atoms with Crippen LogP contribution in [0.5, 0.6) is 0 Å². The van der Waals surface area contributed by atoms with Gasteiger partial charge in [-0.05, 0) is 24.3 Å². The molecule has 0 radical (unpaired) electrons. The number of imide groups is 1. The molecule has 0 aliphatic carbocycles. The van der Waals surface area contributed by atoms with Crippen LogP contribution in [0.25, 0.3) is 11.5 Å². The van der Waals surface area contributed by atoms with E-state index >= 15 is 0 Å². The van der Waals surface area contributed by atoms with Crippen LogP contribution in [0.3, 0.4) is 0 Å². The lowest BCUT2D eigenvalue weighted by atomic mass is 10.2. The summed E-state index contributed by atoms with van der Waals surface area (Å²) in [6, 6.07) is 6.68. The van der Waals surface area contributed by atoms with Gasteiger partial charge in [0.15, 0.2) is 11.5 Å². The van der Waals surface area contributed by atoms with Crippen molar-refractivity contribution < 1.29 is 28.3 Å². The Balaban J connectivity index is 1.52. The number of hydrogen-bond acceptors (Lipinski definition) is 6. The highest BCUT2D eigenvalue weighted by Gasteiger charge is 2.30. The molecule has 1 atom stereocenters. The fourth-order valence-corrected chi connectivity index (χ4v) is 2.39. The molecule has 0 spiro atoms. The van der Waals surface area contributed by atoms with Crippen molar-refractivity contribution in [1.82, 2.24) is 10.2 Å². The quantitative estimate of drug-likeness (QED) is 0.758. The summed E-state index contributed by atoms with van der Waals surface area (Å²) in [5.74, 6) is 0.0392. The molecule has 2 aromatic rings. The lowest BCUT2D eigenvalue weighted by molar-refractivity contribution is -0.142. The van der Waals surface area contributed by atoms with E-state index < -0.39 is 12.0 Å². The molecule has 1 unspecified atom stereocenters. The molecule has 1 aliphatic rings. The molecular formula is C16H16N2O6. The number of nitrogens with zero attached hydrogens (tertiary/aromatic N) is 1. The number of carbonyl (C=O) groups excluding carboxylic acids is 3. The van der Waals surface area contributed by atoms with E-state index in [9.17, 15) is 19.5 Å². The van der Waals surface area contributed by atoms with Crippen molar-refractivity contribution in [3.05, 3.63) is 36.3 Å². The van der Waals surface area contributed by atoms with E-state index in [2.05, 4.69) is 5.32 Å². The molecular weight excluding hydrogens is 316 g/mol. The predicted molar refractivity (Wildman–Crippen MR) is 80.3 cm³/mol. The van der Waals surface area contributed by atoms with E-state index in [0.29, 0.717) is 11.5 Å². The van der Waals surface area contributed by atoms with Crippen LogP contribution < -0.4 is 5.32 Å². The van der Waals surface area contributed by atoms with Gasteiger partial charge in [-0.1, -0.05) is 0 Å². The zero-order valence-corrected chi connectivity index (χ0v) is 12.7. The molecule has 1 saturated heterocycles. The summed E-state index contributed by atoms with van der Waals surface area (Å²) < 4.78 is 10.7. The van der Waals surface area contributed by atoms with Gasteiger partial charge in [-0.3, -0.25) is 19.3 Å². The summed E-state index contributed by atoms with van der Waals surface area (Å²) in [6.07, 6.45) is 0.727. The van der Waals surface area contributed by atoms with E-state index in [-0.39, 0.29) is 43.5 Å². The van der Waals surface area contributed by atoms with Crippen LogP contribution in [0.1, 0.15) is 24.7 Å². The van der Waals surface area contributed by atoms with Crippen molar-refractivity contribution in [3.63, 3.8) is 0 Å². The van der Waals surface area contributed by atoms with Gasteiger partial charge in [-0.15, -0.1) is 0 Å². The fraction of sp³-hybridized carbons (Fsp3) is 0.312. The second-order valence-electron chi connectivity index (χ2n) is 5.37. The maximum Gasteiger partial charge on any atom is 0.240 e. The number of rotatable bonds is 6. The molecule has 8 heteroatoms. The van der Waals surface area contributed by atoms with E-state index in [1.54, 1.807) is 24.3 Å². The van der Waals surface area contributed by atoms with Crippen LogP contribution >= 0.6 is 0 Å². The number of amides is 3. The van der Waals surface area contributed by atoms with Crippen molar-refractivity contribution in [2.24, 2.45) is 0 Å². The number of likely N-dealkylation sites (tertiary alicyclic amines) is 1. The number of furan rings is 2. The topological polar surface area (TPSA) is 113 Å². The number of hydrogen-bond donors (Lipinski definition) is 2. The van der Waals surface area contributed by atoms with Crippen LogP contribution in [0.15, 0.2) is 39.4 Å². The van der Waals surface area contributed by atoms with Crippen LogP contribution in [-0.4, -0.2) is 40.8 Å². The second-order valence-corrected chi connectivity index (χ2v) is 5.37. The Labute approximate surface area is 137 Å². The Kier molecular flexibility index (Phi) is 4.48. The second kappa shape index (κ2) is 6.71. The molecule has 3 amide bonds. The number of aliphatic hydroxyl groups is 1. The molecule has 3 heterocycles. The summed E-state index contributed by atoms with van der Waals surface area (Å²) >= 11 is 0. The fourth-order valence-electron chi connectivity index (χ4n) is 2.39. The van der Waals surface area contributed by atoms with Crippen LogP contribution in [-0.2, 0) is 14.4 Å². The van der Waals surface area contributed by atoms with Gasteiger partial charge in [0.25, 0.3) is 0 Å².